The number of nitrogens with one attached hydrogen (secondary N) is 2. The van der Waals surface area contributed by atoms with Crippen LogP contribution in [-0.2, 0) is 0 Å². The average Bonchev–Trinajstić information content (AvgIpc) is 2.83. The van der Waals surface area contributed by atoms with E-state index in [1.165, 1.54) is 0 Å². The van der Waals surface area contributed by atoms with Crippen LogP contribution in [0, 0.1) is 11.3 Å². The van der Waals surface area contributed by atoms with E-state index in [2.05, 4.69) is 20.3 Å². The van der Waals surface area contributed by atoms with E-state index in [9.17, 15) is 0 Å². The number of anilines is 1. The van der Waals surface area contributed by atoms with E-state index in [-0.39, 0.29) is 6.04 Å². The third kappa shape index (κ3) is 2.17. The van der Waals surface area contributed by atoms with E-state index < -0.39 is 0 Å². The molecule has 16 heavy (non-hydrogen) atoms. The topological polar surface area (TPSA) is 77.4 Å². The van der Waals surface area contributed by atoms with Crippen LogP contribution in [0.15, 0.2) is 30.7 Å². The second-order valence-corrected chi connectivity index (χ2v) is 3.38. The Morgan fingerprint density at radius 1 is 1.44 bits per heavy atom. The standard InChI is InChI=1S/C11H11N5/c1-8(11-14-4-5-15-11)16-9-2-3-13-10(6-9)7-12/h2-6,8H,1H3,(H,13,16)(H,14,15). The average molecular weight is 213 g/mol. The van der Waals surface area contributed by atoms with Gasteiger partial charge in [-0.15, -0.1) is 0 Å². The molecule has 0 aliphatic heterocycles. The number of aromatic nitrogens is 3. The summed E-state index contributed by atoms with van der Waals surface area (Å²) in [7, 11) is 0. The third-order valence-corrected chi connectivity index (χ3v) is 2.19. The fraction of sp³-hybridized carbons (Fsp3) is 0.182. The molecule has 80 valence electrons. The van der Waals surface area contributed by atoms with Gasteiger partial charge in [-0.05, 0) is 19.1 Å². The van der Waals surface area contributed by atoms with Gasteiger partial charge in [0.2, 0.25) is 0 Å². The van der Waals surface area contributed by atoms with Gasteiger partial charge in [0.25, 0.3) is 0 Å². The first kappa shape index (κ1) is 10.2. The summed E-state index contributed by atoms with van der Waals surface area (Å²) in [6.07, 6.45) is 5.09. The van der Waals surface area contributed by atoms with Crippen LogP contribution in [0.4, 0.5) is 5.69 Å². The predicted molar refractivity (Wildman–Crippen MR) is 59.6 cm³/mol. The van der Waals surface area contributed by atoms with Gasteiger partial charge in [-0.3, -0.25) is 0 Å². The van der Waals surface area contributed by atoms with Gasteiger partial charge >= 0.3 is 0 Å². The molecule has 2 aromatic heterocycles. The van der Waals surface area contributed by atoms with Crippen LogP contribution < -0.4 is 5.32 Å². The molecule has 0 spiro atoms. The third-order valence-electron chi connectivity index (χ3n) is 2.19. The molecule has 2 N–H and O–H groups in total. The molecule has 0 amide bonds. The highest BCUT2D eigenvalue weighted by molar-refractivity contribution is 5.46. The molecule has 0 fully saturated rings. The summed E-state index contributed by atoms with van der Waals surface area (Å²) in [6.45, 7) is 1.99. The molecule has 0 saturated heterocycles. The largest absolute Gasteiger partial charge is 0.375 e. The molecule has 0 aromatic carbocycles. The fourth-order valence-corrected chi connectivity index (χ4v) is 1.41. The van der Waals surface area contributed by atoms with E-state index in [0.717, 1.165) is 11.5 Å². The lowest BCUT2D eigenvalue weighted by Gasteiger charge is -2.12. The van der Waals surface area contributed by atoms with Gasteiger partial charge in [-0.25, -0.2) is 9.97 Å². The van der Waals surface area contributed by atoms with Crippen LogP contribution in [0.25, 0.3) is 0 Å². The van der Waals surface area contributed by atoms with Gasteiger partial charge in [0.1, 0.15) is 17.6 Å². The number of nitriles is 1. The van der Waals surface area contributed by atoms with Crippen LogP contribution in [0.5, 0.6) is 0 Å². The Bertz CT molecular complexity index is 497. The summed E-state index contributed by atoms with van der Waals surface area (Å²) in [6, 6.07) is 5.59. The normalized spacial score (nSPS) is 11.8. The van der Waals surface area contributed by atoms with Gasteiger partial charge < -0.3 is 10.3 Å². The number of rotatable bonds is 3. The van der Waals surface area contributed by atoms with Crippen molar-refractivity contribution < 1.29 is 0 Å². The van der Waals surface area contributed by atoms with Gasteiger partial charge in [0.15, 0.2) is 0 Å². The molecule has 5 nitrogen and oxygen atoms in total. The van der Waals surface area contributed by atoms with Crippen molar-refractivity contribution in [1.29, 1.82) is 5.26 Å². The molecule has 2 aromatic rings. The van der Waals surface area contributed by atoms with E-state index in [0.29, 0.717) is 5.69 Å². The lowest BCUT2D eigenvalue weighted by Crippen LogP contribution is -2.08. The van der Waals surface area contributed by atoms with Crippen LogP contribution >= 0.6 is 0 Å². The summed E-state index contributed by atoms with van der Waals surface area (Å²) < 4.78 is 0. The first-order valence-electron chi connectivity index (χ1n) is 4.91. The molecule has 0 saturated carbocycles. The van der Waals surface area contributed by atoms with Crippen molar-refractivity contribution >= 4 is 5.69 Å². The van der Waals surface area contributed by atoms with E-state index in [4.69, 9.17) is 5.26 Å². The van der Waals surface area contributed by atoms with E-state index in [1.807, 2.05) is 19.1 Å². The Morgan fingerprint density at radius 2 is 2.31 bits per heavy atom. The Hall–Kier alpha value is -2.35. The summed E-state index contributed by atoms with van der Waals surface area (Å²) >= 11 is 0. The van der Waals surface area contributed by atoms with Crippen LogP contribution in [0.1, 0.15) is 24.5 Å². The first-order chi connectivity index (χ1) is 7.79. The van der Waals surface area contributed by atoms with Crippen LogP contribution in [0.2, 0.25) is 0 Å². The fourth-order valence-electron chi connectivity index (χ4n) is 1.41. The molecular weight excluding hydrogens is 202 g/mol. The minimum absolute atomic E-state index is 0.0592. The molecule has 2 heterocycles. The van der Waals surface area contributed by atoms with Gasteiger partial charge in [-0.1, -0.05) is 0 Å². The van der Waals surface area contributed by atoms with Crippen LogP contribution in [0.3, 0.4) is 0 Å². The lowest BCUT2D eigenvalue weighted by atomic mass is 10.2. The number of hydrogen-bond acceptors (Lipinski definition) is 4. The molecule has 1 unspecified atom stereocenters. The highest BCUT2D eigenvalue weighted by Crippen LogP contribution is 2.15. The second kappa shape index (κ2) is 4.45. The smallest absolute Gasteiger partial charge is 0.142 e. The molecule has 5 heteroatoms. The lowest BCUT2D eigenvalue weighted by molar-refractivity contribution is 0.809. The van der Waals surface area contributed by atoms with Crippen LogP contribution in [-0.4, -0.2) is 15.0 Å². The van der Waals surface area contributed by atoms with Crippen molar-refractivity contribution in [2.24, 2.45) is 0 Å². The van der Waals surface area contributed by atoms with Crippen molar-refractivity contribution in [1.82, 2.24) is 15.0 Å². The van der Waals surface area contributed by atoms with Crippen molar-refractivity contribution in [3.05, 3.63) is 42.2 Å². The zero-order valence-corrected chi connectivity index (χ0v) is 8.81. The molecule has 0 bridgehead atoms. The maximum absolute atomic E-state index is 8.72. The number of H-pyrrole nitrogens is 1. The number of hydrogen-bond donors (Lipinski definition) is 2. The van der Waals surface area contributed by atoms with Gasteiger partial charge in [0.05, 0.1) is 6.04 Å². The Kier molecular flexibility index (Phi) is 2.83. The van der Waals surface area contributed by atoms with Gasteiger partial charge in [0, 0.05) is 24.3 Å². The summed E-state index contributed by atoms with van der Waals surface area (Å²) in [5.74, 6) is 0.857. The predicted octanol–water partition coefficient (Wildman–Crippen LogP) is 1.85. The number of nitrogens with zero attached hydrogens (tertiary/aromatic N) is 3. The maximum atomic E-state index is 8.72. The van der Waals surface area contributed by atoms with Crippen molar-refractivity contribution in [2.75, 3.05) is 5.32 Å². The van der Waals surface area contributed by atoms with E-state index in [1.54, 1.807) is 24.7 Å². The monoisotopic (exact) mass is 213 g/mol. The van der Waals surface area contributed by atoms with Gasteiger partial charge in [-0.2, -0.15) is 5.26 Å². The summed E-state index contributed by atoms with van der Waals surface area (Å²) in [5.41, 5.74) is 1.26. The molecular formula is C11H11N5. The quantitative estimate of drug-likeness (QED) is 0.815. The minimum atomic E-state index is 0.0592. The molecule has 1 atom stereocenters. The number of imidazole rings is 1. The Balaban J connectivity index is 2.12. The maximum Gasteiger partial charge on any atom is 0.142 e. The minimum Gasteiger partial charge on any atom is -0.375 e. The SMILES string of the molecule is CC(Nc1ccnc(C#N)c1)c1ncc[nH]1. The Morgan fingerprint density at radius 3 is 3.00 bits per heavy atom. The number of aromatic amines is 1. The van der Waals surface area contributed by atoms with Crippen molar-refractivity contribution in [2.45, 2.75) is 13.0 Å². The highest BCUT2D eigenvalue weighted by Gasteiger charge is 2.07. The van der Waals surface area contributed by atoms with E-state index >= 15 is 0 Å². The Labute approximate surface area is 93.2 Å². The molecule has 0 aliphatic rings. The highest BCUT2D eigenvalue weighted by atomic mass is 15.0. The van der Waals surface area contributed by atoms with Crippen molar-refractivity contribution in [3.8, 4) is 6.07 Å². The molecule has 0 aliphatic carbocycles. The first-order valence-corrected chi connectivity index (χ1v) is 4.91. The van der Waals surface area contributed by atoms with Crippen molar-refractivity contribution in [3.63, 3.8) is 0 Å². The second-order valence-electron chi connectivity index (χ2n) is 3.38. The molecule has 2 rings (SSSR count). The summed E-state index contributed by atoms with van der Waals surface area (Å²) in [4.78, 5) is 11.1. The zero-order valence-electron chi connectivity index (χ0n) is 8.81. The molecule has 0 radical (unpaired) electrons. The zero-order chi connectivity index (χ0) is 11.4. The summed E-state index contributed by atoms with van der Waals surface area (Å²) in [5, 5.41) is 12.0. The number of pyridine rings is 1.